The molecule has 3 heterocycles. The SMILES string of the molecule is CC1(C)C(C(=O)N2CCC[C@@H](c3nnc4n3CCCCC4)C2)C1(C)C. The summed E-state index contributed by atoms with van der Waals surface area (Å²) in [4.78, 5) is 15.3. The molecule has 1 amide bonds. The van der Waals surface area contributed by atoms with Crippen molar-refractivity contribution in [3.63, 3.8) is 0 Å². The second-order valence-electron chi connectivity index (χ2n) is 9.44. The number of fused-ring (bicyclic) bond motifs is 1. The molecule has 0 N–H and O–H groups in total. The highest BCUT2D eigenvalue weighted by Crippen LogP contribution is 2.68. The second-order valence-corrected chi connectivity index (χ2v) is 9.44. The maximum Gasteiger partial charge on any atom is 0.226 e. The van der Waals surface area contributed by atoms with E-state index in [1.54, 1.807) is 0 Å². The van der Waals surface area contributed by atoms with Crippen LogP contribution in [-0.4, -0.2) is 38.7 Å². The van der Waals surface area contributed by atoms with Crippen LogP contribution in [0.15, 0.2) is 0 Å². The Hall–Kier alpha value is -1.39. The molecule has 0 unspecified atom stereocenters. The number of nitrogens with zero attached hydrogens (tertiary/aromatic N) is 4. The molecule has 138 valence electrons. The molecule has 1 aliphatic carbocycles. The molecule has 0 bridgehead atoms. The number of aryl methyl sites for hydroxylation is 1. The van der Waals surface area contributed by atoms with E-state index in [0.29, 0.717) is 11.8 Å². The van der Waals surface area contributed by atoms with Crippen LogP contribution in [0.3, 0.4) is 0 Å². The Bertz CT molecular complexity index is 661. The first-order valence-electron chi connectivity index (χ1n) is 10.0. The average molecular weight is 345 g/mol. The van der Waals surface area contributed by atoms with Crippen molar-refractivity contribution in [3.8, 4) is 0 Å². The molecule has 2 fully saturated rings. The number of aromatic nitrogens is 3. The fourth-order valence-corrected chi connectivity index (χ4v) is 5.19. The zero-order valence-electron chi connectivity index (χ0n) is 16.2. The van der Waals surface area contributed by atoms with E-state index in [9.17, 15) is 4.79 Å². The number of hydrogen-bond acceptors (Lipinski definition) is 3. The molecule has 5 nitrogen and oxygen atoms in total. The summed E-state index contributed by atoms with van der Waals surface area (Å²) in [6.07, 6.45) is 6.97. The van der Waals surface area contributed by atoms with Gasteiger partial charge in [0.15, 0.2) is 0 Å². The van der Waals surface area contributed by atoms with Crippen LogP contribution in [0.4, 0.5) is 0 Å². The van der Waals surface area contributed by atoms with Crippen molar-refractivity contribution in [2.75, 3.05) is 13.1 Å². The van der Waals surface area contributed by atoms with Crippen LogP contribution in [0, 0.1) is 16.7 Å². The third-order valence-electron chi connectivity index (χ3n) is 7.50. The van der Waals surface area contributed by atoms with Crippen LogP contribution in [0.2, 0.25) is 0 Å². The number of likely N-dealkylation sites (tertiary alicyclic amines) is 1. The van der Waals surface area contributed by atoms with Crippen molar-refractivity contribution in [1.82, 2.24) is 19.7 Å². The van der Waals surface area contributed by atoms with Crippen LogP contribution in [-0.2, 0) is 17.8 Å². The van der Waals surface area contributed by atoms with E-state index in [1.807, 2.05) is 0 Å². The molecule has 4 rings (SSSR count). The smallest absolute Gasteiger partial charge is 0.226 e. The Balaban J connectivity index is 1.51. The summed E-state index contributed by atoms with van der Waals surface area (Å²) in [6.45, 7) is 11.7. The van der Waals surface area contributed by atoms with Gasteiger partial charge in [-0.05, 0) is 36.5 Å². The Labute approximate surface area is 151 Å². The van der Waals surface area contributed by atoms with Crippen LogP contribution in [0.5, 0.6) is 0 Å². The summed E-state index contributed by atoms with van der Waals surface area (Å²) in [7, 11) is 0. The van der Waals surface area contributed by atoms with E-state index in [0.717, 1.165) is 50.5 Å². The quantitative estimate of drug-likeness (QED) is 0.826. The van der Waals surface area contributed by atoms with Gasteiger partial charge in [0, 0.05) is 37.9 Å². The van der Waals surface area contributed by atoms with Gasteiger partial charge in [-0.2, -0.15) is 0 Å². The third kappa shape index (κ3) is 2.61. The van der Waals surface area contributed by atoms with E-state index < -0.39 is 0 Å². The summed E-state index contributed by atoms with van der Waals surface area (Å²) < 4.78 is 2.36. The Morgan fingerprint density at radius 3 is 2.48 bits per heavy atom. The Morgan fingerprint density at radius 1 is 1.00 bits per heavy atom. The molecule has 1 saturated heterocycles. The van der Waals surface area contributed by atoms with Gasteiger partial charge in [-0.1, -0.05) is 34.1 Å². The average Bonchev–Trinajstić information content (AvgIpc) is 2.83. The predicted molar refractivity (Wildman–Crippen MR) is 97.2 cm³/mol. The molecule has 0 aromatic carbocycles. The number of rotatable bonds is 2. The topological polar surface area (TPSA) is 51.0 Å². The molecular weight excluding hydrogens is 312 g/mol. The minimum Gasteiger partial charge on any atom is -0.342 e. The normalized spacial score (nSPS) is 28.3. The molecule has 1 aromatic rings. The number of hydrogen-bond donors (Lipinski definition) is 0. The van der Waals surface area contributed by atoms with E-state index >= 15 is 0 Å². The van der Waals surface area contributed by atoms with Gasteiger partial charge in [0.25, 0.3) is 0 Å². The molecule has 1 saturated carbocycles. The van der Waals surface area contributed by atoms with Crippen LogP contribution >= 0.6 is 0 Å². The van der Waals surface area contributed by atoms with E-state index in [-0.39, 0.29) is 16.7 Å². The highest BCUT2D eigenvalue weighted by molar-refractivity contribution is 5.84. The standard InChI is InChI=1S/C20H32N4O/c1-19(2)16(20(19,3)4)18(25)23-11-8-9-14(13-23)17-22-21-15-10-6-5-7-12-24(15)17/h14,16H,5-13H2,1-4H3/t14-/m1/s1. The van der Waals surface area contributed by atoms with Crippen LogP contribution < -0.4 is 0 Å². The maximum atomic E-state index is 13.1. The summed E-state index contributed by atoms with van der Waals surface area (Å²) in [6, 6.07) is 0. The molecule has 0 radical (unpaired) electrons. The zero-order valence-corrected chi connectivity index (χ0v) is 16.2. The molecule has 3 aliphatic rings. The minimum atomic E-state index is 0.114. The molecule has 5 heteroatoms. The van der Waals surface area contributed by atoms with Gasteiger partial charge in [-0.25, -0.2) is 0 Å². The number of amides is 1. The molecular formula is C20H32N4O. The maximum absolute atomic E-state index is 13.1. The molecule has 2 aliphatic heterocycles. The van der Waals surface area contributed by atoms with Crippen LogP contribution in [0.1, 0.15) is 77.4 Å². The number of carbonyl (C=O) groups excluding carboxylic acids is 1. The first kappa shape index (κ1) is 17.0. The lowest BCUT2D eigenvalue weighted by Crippen LogP contribution is -2.41. The monoisotopic (exact) mass is 344 g/mol. The summed E-state index contributed by atoms with van der Waals surface area (Å²) in [5.41, 5.74) is 0.228. The first-order chi connectivity index (χ1) is 11.8. The van der Waals surface area contributed by atoms with Crippen molar-refractivity contribution in [1.29, 1.82) is 0 Å². The van der Waals surface area contributed by atoms with Gasteiger partial charge in [0.05, 0.1) is 0 Å². The van der Waals surface area contributed by atoms with E-state index in [4.69, 9.17) is 0 Å². The third-order valence-corrected chi connectivity index (χ3v) is 7.50. The van der Waals surface area contributed by atoms with Gasteiger partial charge in [-0.3, -0.25) is 4.79 Å². The first-order valence-corrected chi connectivity index (χ1v) is 10.0. The molecule has 25 heavy (non-hydrogen) atoms. The lowest BCUT2D eigenvalue weighted by atomic mass is 9.96. The predicted octanol–water partition coefficient (Wildman–Crippen LogP) is 3.39. The van der Waals surface area contributed by atoms with Crippen molar-refractivity contribution in [3.05, 3.63) is 11.6 Å². The summed E-state index contributed by atoms with van der Waals surface area (Å²) >= 11 is 0. The largest absolute Gasteiger partial charge is 0.342 e. The minimum absolute atomic E-state index is 0.114. The van der Waals surface area contributed by atoms with Gasteiger partial charge in [0.1, 0.15) is 11.6 Å². The second kappa shape index (κ2) is 5.82. The van der Waals surface area contributed by atoms with Crippen molar-refractivity contribution < 1.29 is 4.79 Å². The number of carbonyl (C=O) groups is 1. The van der Waals surface area contributed by atoms with Gasteiger partial charge >= 0.3 is 0 Å². The van der Waals surface area contributed by atoms with E-state index in [1.165, 1.54) is 19.3 Å². The fraction of sp³-hybridized carbons (Fsp3) is 0.850. The fourth-order valence-electron chi connectivity index (χ4n) is 5.19. The van der Waals surface area contributed by atoms with Crippen molar-refractivity contribution in [2.24, 2.45) is 16.7 Å². The van der Waals surface area contributed by atoms with Crippen molar-refractivity contribution in [2.45, 2.75) is 78.7 Å². The van der Waals surface area contributed by atoms with Gasteiger partial charge in [-0.15, -0.1) is 10.2 Å². The molecule has 0 spiro atoms. The number of piperidine rings is 1. The van der Waals surface area contributed by atoms with Gasteiger partial charge < -0.3 is 9.47 Å². The Morgan fingerprint density at radius 2 is 1.76 bits per heavy atom. The summed E-state index contributed by atoms with van der Waals surface area (Å²) in [5.74, 6) is 3.15. The summed E-state index contributed by atoms with van der Waals surface area (Å²) in [5, 5.41) is 9.01. The van der Waals surface area contributed by atoms with E-state index in [2.05, 4.69) is 47.4 Å². The van der Waals surface area contributed by atoms with Gasteiger partial charge in [0.2, 0.25) is 5.91 Å². The van der Waals surface area contributed by atoms with Crippen molar-refractivity contribution >= 4 is 5.91 Å². The molecule has 1 atom stereocenters. The molecule has 1 aromatic heterocycles. The Kier molecular flexibility index (Phi) is 3.97. The highest BCUT2D eigenvalue weighted by atomic mass is 16.2. The highest BCUT2D eigenvalue weighted by Gasteiger charge is 2.68. The van der Waals surface area contributed by atoms with Crippen LogP contribution in [0.25, 0.3) is 0 Å². The lowest BCUT2D eigenvalue weighted by Gasteiger charge is -2.33. The zero-order chi connectivity index (χ0) is 17.8. The lowest BCUT2D eigenvalue weighted by molar-refractivity contribution is -0.135.